The molecule has 0 aromatic heterocycles. The Hall–Kier alpha value is -1.84. The van der Waals surface area contributed by atoms with E-state index in [2.05, 4.69) is 76.8 Å². The van der Waals surface area contributed by atoms with E-state index < -0.39 is 0 Å². The average molecular weight is 363 g/mol. The molecular weight excluding hydrogens is 336 g/mol. The maximum absolute atomic E-state index is 4.62. The number of para-hydroxylation sites is 1. The van der Waals surface area contributed by atoms with E-state index in [9.17, 15) is 0 Å². The maximum Gasteiger partial charge on any atom is 0.0762 e. The zero-order valence-corrected chi connectivity index (χ0v) is 16.0. The molecule has 1 atom stereocenters. The van der Waals surface area contributed by atoms with Crippen molar-refractivity contribution in [3.63, 3.8) is 0 Å². The van der Waals surface area contributed by atoms with Gasteiger partial charge in [0, 0.05) is 29.4 Å². The van der Waals surface area contributed by atoms with E-state index >= 15 is 0 Å². The lowest BCUT2D eigenvalue weighted by atomic mass is 9.99. The van der Waals surface area contributed by atoms with E-state index in [0.717, 1.165) is 12.2 Å². The van der Waals surface area contributed by atoms with Crippen LogP contribution in [-0.2, 0) is 0 Å². The summed E-state index contributed by atoms with van der Waals surface area (Å²) in [6.45, 7) is 3.49. The molecule has 0 radical (unpaired) electrons. The lowest BCUT2D eigenvalue weighted by molar-refractivity contribution is 0.294. The fourth-order valence-electron chi connectivity index (χ4n) is 3.66. The number of fused-ring (bicyclic) bond motifs is 1. The summed E-state index contributed by atoms with van der Waals surface area (Å²) in [6, 6.07) is 19.3. The number of hydrogen-bond donors (Lipinski definition) is 0. The van der Waals surface area contributed by atoms with Gasteiger partial charge in [-0.05, 0) is 49.1 Å². The summed E-state index contributed by atoms with van der Waals surface area (Å²) in [5.74, 6) is 0. The van der Waals surface area contributed by atoms with Gasteiger partial charge < -0.3 is 0 Å². The lowest BCUT2D eigenvalue weighted by Gasteiger charge is -2.26. The number of thioether (sulfide) groups is 1. The maximum atomic E-state index is 4.62. The molecule has 3 heteroatoms. The van der Waals surface area contributed by atoms with E-state index in [-0.39, 0.29) is 0 Å². The molecule has 2 nitrogen and oxygen atoms in total. The van der Waals surface area contributed by atoms with Gasteiger partial charge >= 0.3 is 0 Å². The molecule has 0 saturated heterocycles. The molecule has 0 saturated carbocycles. The van der Waals surface area contributed by atoms with Crippen LogP contribution in [0.3, 0.4) is 0 Å². The number of hydrogen-bond acceptors (Lipinski definition) is 3. The Labute approximate surface area is 161 Å². The summed E-state index contributed by atoms with van der Waals surface area (Å²) in [5, 5.41) is 0.538. The third kappa shape index (κ3) is 4.46. The monoisotopic (exact) mass is 362 g/mol. The van der Waals surface area contributed by atoms with Crippen molar-refractivity contribution in [2.45, 2.75) is 35.8 Å². The van der Waals surface area contributed by atoms with Gasteiger partial charge in [0.05, 0.1) is 5.69 Å². The summed E-state index contributed by atoms with van der Waals surface area (Å²) in [7, 11) is 0. The molecule has 0 amide bonds. The van der Waals surface area contributed by atoms with Gasteiger partial charge in [0.2, 0.25) is 0 Å². The molecule has 1 unspecified atom stereocenters. The highest BCUT2D eigenvalue weighted by atomic mass is 32.2. The van der Waals surface area contributed by atoms with E-state index in [1.165, 1.54) is 54.8 Å². The van der Waals surface area contributed by atoms with Crippen LogP contribution in [0.2, 0.25) is 0 Å². The molecular formula is C23H26N2S. The Bertz CT molecular complexity index is 782. The molecule has 0 bridgehead atoms. The number of aliphatic imine (C=N–C) groups is 1. The van der Waals surface area contributed by atoms with Crippen molar-refractivity contribution in [1.29, 1.82) is 0 Å². The number of rotatable bonds is 6. The van der Waals surface area contributed by atoms with Crippen LogP contribution in [0.1, 0.15) is 31.2 Å². The fourth-order valence-corrected chi connectivity index (χ4v) is 4.79. The normalized spacial score (nSPS) is 19.8. The van der Waals surface area contributed by atoms with Crippen LogP contribution in [-0.4, -0.2) is 36.0 Å². The van der Waals surface area contributed by atoms with Crippen molar-refractivity contribution < 1.29 is 0 Å². The predicted octanol–water partition coefficient (Wildman–Crippen LogP) is 5.82. The number of nitrogens with zero attached hydrogens (tertiary/aromatic N) is 2. The molecule has 0 fully saturated rings. The first kappa shape index (κ1) is 17.6. The summed E-state index contributed by atoms with van der Waals surface area (Å²) >= 11 is 1.97. The highest BCUT2D eigenvalue weighted by Crippen LogP contribution is 2.37. The standard InChI is InChI=1S/C23H26N2S/c1-2-8-19(9-3-1)20-13-16-25(17-14-20)15-7-6-10-21-18-24-22-11-4-5-12-23(22)26-21/h1-5,8-9,11-13,18,21H,6-7,10,14-17H2. The Morgan fingerprint density at radius 3 is 2.69 bits per heavy atom. The molecule has 26 heavy (non-hydrogen) atoms. The first-order valence-corrected chi connectivity index (χ1v) is 10.5. The van der Waals surface area contributed by atoms with Crippen molar-refractivity contribution in [3.05, 3.63) is 66.2 Å². The van der Waals surface area contributed by atoms with Crippen LogP contribution >= 0.6 is 11.8 Å². The van der Waals surface area contributed by atoms with Gasteiger partial charge in [0.1, 0.15) is 0 Å². The average Bonchev–Trinajstić information content (AvgIpc) is 2.72. The van der Waals surface area contributed by atoms with Crippen LogP contribution in [0.5, 0.6) is 0 Å². The molecule has 2 aliphatic heterocycles. The summed E-state index contributed by atoms with van der Waals surface area (Å²) in [5.41, 5.74) is 4.03. The van der Waals surface area contributed by atoms with Crippen LogP contribution in [0.15, 0.2) is 70.6 Å². The quantitative estimate of drug-likeness (QED) is 0.601. The van der Waals surface area contributed by atoms with Crippen LogP contribution in [0.4, 0.5) is 5.69 Å². The number of benzene rings is 2. The number of unbranched alkanes of at least 4 members (excludes halogenated alkanes) is 1. The third-order valence-corrected chi connectivity index (χ3v) is 6.43. The van der Waals surface area contributed by atoms with Gasteiger partial charge in [0.25, 0.3) is 0 Å². The van der Waals surface area contributed by atoms with Crippen molar-refractivity contribution >= 4 is 29.2 Å². The first-order chi connectivity index (χ1) is 12.9. The van der Waals surface area contributed by atoms with Crippen LogP contribution in [0.25, 0.3) is 5.57 Å². The van der Waals surface area contributed by atoms with E-state index in [1.807, 2.05) is 11.8 Å². The second-order valence-electron chi connectivity index (χ2n) is 7.04. The smallest absolute Gasteiger partial charge is 0.0762 e. The fraction of sp³-hybridized carbons (Fsp3) is 0.348. The Kier molecular flexibility index (Phi) is 5.88. The SMILES string of the molecule is C1=Nc2ccccc2SC1CCCCN1CC=C(c2ccccc2)CC1. The molecule has 134 valence electrons. The summed E-state index contributed by atoms with van der Waals surface area (Å²) in [6.07, 6.45) is 9.51. The van der Waals surface area contributed by atoms with Gasteiger partial charge in [-0.3, -0.25) is 9.89 Å². The molecule has 2 aliphatic rings. The molecule has 2 aromatic rings. The van der Waals surface area contributed by atoms with E-state index in [1.54, 1.807) is 0 Å². The minimum absolute atomic E-state index is 0.538. The van der Waals surface area contributed by atoms with Crippen LogP contribution in [0, 0.1) is 0 Å². The molecule has 2 heterocycles. The van der Waals surface area contributed by atoms with Crippen molar-refractivity contribution in [1.82, 2.24) is 4.90 Å². The molecule has 2 aromatic carbocycles. The summed E-state index contributed by atoms with van der Waals surface area (Å²) < 4.78 is 0. The minimum Gasteiger partial charge on any atom is -0.299 e. The minimum atomic E-state index is 0.538. The highest BCUT2D eigenvalue weighted by Gasteiger charge is 2.16. The van der Waals surface area contributed by atoms with Crippen LogP contribution < -0.4 is 0 Å². The van der Waals surface area contributed by atoms with E-state index in [4.69, 9.17) is 0 Å². The third-order valence-electron chi connectivity index (χ3n) is 5.17. The second-order valence-corrected chi connectivity index (χ2v) is 8.33. The first-order valence-electron chi connectivity index (χ1n) is 9.65. The Morgan fingerprint density at radius 1 is 1.00 bits per heavy atom. The molecule has 0 N–H and O–H groups in total. The van der Waals surface area contributed by atoms with Gasteiger partial charge in [-0.25, -0.2) is 0 Å². The predicted molar refractivity (Wildman–Crippen MR) is 114 cm³/mol. The Balaban J connectivity index is 1.18. The van der Waals surface area contributed by atoms with Crippen molar-refractivity contribution in [3.8, 4) is 0 Å². The Morgan fingerprint density at radius 2 is 1.85 bits per heavy atom. The van der Waals surface area contributed by atoms with E-state index in [0.29, 0.717) is 5.25 Å². The van der Waals surface area contributed by atoms with Crippen molar-refractivity contribution in [2.75, 3.05) is 19.6 Å². The zero-order valence-electron chi connectivity index (χ0n) is 15.2. The molecule has 4 rings (SSSR count). The zero-order chi connectivity index (χ0) is 17.6. The largest absolute Gasteiger partial charge is 0.299 e. The topological polar surface area (TPSA) is 15.6 Å². The molecule has 0 spiro atoms. The lowest BCUT2D eigenvalue weighted by Crippen LogP contribution is -2.29. The van der Waals surface area contributed by atoms with Gasteiger partial charge in [-0.1, -0.05) is 55.0 Å². The van der Waals surface area contributed by atoms with Gasteiger partial charge in [-0.2, -0.15) is 0 Å². The summed E-state index contributed by atoms with van der Waals surface area (Å²) in [4.78, 5) is 8.53. The van der Waals surface area contributed by atoms with Gasteiger partial charge in [0.15, 0.2) is 0 Å². The van der Waals surface area contributed by atoms with Crippen molar-refractivity contribution in [2.24, 2.45) is 4.99 Å². The molecule has 0 aliphatic carbocycles. The van der Waals surface area contributed by atoms with Gasteiger partial charge in [-0.15, -0.1) is 11.8 Å². The highest BCUT2D eigenvalue weighted by molar-refractivity contribution is 8.00. The second kappa shape index (κ2) is 8.70.